The summed E-state index contributed by atoms with van der Waals surface area (Å²) in [5.41, 5.74) is 10.4. The third kappa shape index (κ3) is 5.30. The van der Waals surface area contributed by atoms with Crippen LogP contribution < -0.4 is 4.90 Å². The Morgan fingerprint density at radius 1 is 0.333 bits per heavy atom. The third-order valence-corrected chi connectivity index (χ3v) is 6.89. The highest BCUT2D eigenvalue weighted by atomic mass is 15.1. The summed E-state index contributed by atoms with van der Waals surface area (Å²) in [4.78, 5) is 2.41. The van der Waals surface area contributed by atoms with Gasteiger partial charge >= 0.3 is 0 Å². The lowest BCUT2D eigenvalue weighted by molar-refractivity contribution is 1.28. The van der Waals surface area contributed by atoms with E-state index in [2.05, 4.69) is 175 Å². The fourth-order valence-corrected chi connectivity index (χ4v) is 5.03. The number of rotatable bonds is 7. The van der Waals surface area contributed by atoms with Crippen LogP contribution in [0.3, 0.4) is 0 Å². The lowest BCUT2D eigenvalue weighted by Crippen LogP contribution is -2.13. The predicted molar refractivity (Wildman–Crippen MR) is 167 cm³/mol. The Kier molecular flexibility index (Phi) is 7.14. The first-order chi connectivity index (χ1) is 19.4. The SMILES string of the molecule is C(=Cc1ccccc1N(c1ccccc1-c1ccccc1)c1ccccc1-c1ccccc1)c1ccccc1. The number of hydrogen-bond acceptors (Lipinski definition) is 1. The van der Waals surface area contributed by atoms with Gasteiger partial charge in [-0.2, -0.15) is 0 Å². The van der Waals surface area contributed by atoms with Gasteiger partial charge in [-0.1, -0.05) is 158 Å². The van der Waals surface area contributed by atoms with E-state index in [0.717, 1.165) is 22.6 Å². The molecule has 0 bridgehead atoms. The summed E-state index contributed by atoms with van der Waals surface area (Å²) in [7, 11) is 0. The van der Waals surface area contributed by atoms with Gasteiger partial charge in [0.15, 0.2) is 0 Å². The van der Waals surface area contributed by atoms with Crippen molar-refractivity contribution in [3.05, 3.63) is 175 Å². The molecule has 0 spiro atoms. The standard InChI is InChI=1S/C38H29N/c1-4-16-30(17-5-1)28-29-33-22-10-13-25-36(33)39(37-26-14-11-23-34(37)31-18-6-2-7-19-31)38-27-15-12-24-35(38)32-20-8-3-9-21-32/h1-29H. The van der Waals surface area contributed by atoms with Crippen molar-refractivity contribution in [1.82, 2.24) is 0 Å². The highest BCUT2D eigenvalue weighted by Gasteiger charge is 2.21. The zero-order valence-electron chi connectivity index (χ0n) is 21.7. The van der Waals surface area contributed by atoms with Gasteiger partial charge in [-0.25, -0.2) is 0 Å². The first kappa shape index (κ1) is 24.2. The summed E-state index contributed by atoms with van der Waals surface area (Å²) in [6.45, 7) is 0. The molecule has 0 atom stereocenters. The van der Waals surface area contributed by atoms with Gasteiger partial charge in [-0.15, -0.1) is 0 Å². The van der Waals surface area contributed by atoms with E-state index in [1.807, 2.05) is 6.07 Å². The van der Waals surface area contributed by atoms with Crippen LogP contribution in [0.1, 0.15) is 11.1 Å². The predicted octanol–water partition coefficient (Wildman–Crippen LogP) is 10.7. The largest absolute Gasteiger partial charge is 0.309 e. The fourth-order valence-electron chi connectivity index (χ4n) is 5.03. The molecular weight excluding hydrogens is 470 g/mol. The molecule has 0 saturated carbocycles. The third-order valence-electron chi connectivity index (χ3n) is 6.89. The van der Waals surface area contributed by atoms with Crippen LogP contribution in [-0.4, -0.2) is 0 Å². The van der Waals surface area contributed by atoms with Crippen molar-refractivity contribution in [2.24, 2.45) is 0 Å². The molecule has 1 heteroatoms. The molecule has 1 nitrogen and oxygen atoms in total. The number of benzene rings is 6. The highest BCUT2D eigenvalue weighted by molar-refractivity contribution is 5.95. The lowest BCUT2D eigenvalue weighted by Gasteiger charge is -2.31. The Morgan fingerprint density at radius 2 is 0.744 bits per heavy atom. The van der Waals surface area contributed by atoms with Gasteiger partial charge in [0.25, 0.3) is 0 Å². The maximum absolute atomic E-state index is 2.41. The van der Waals surface area contributed by atoms with Crippen LogP contribution in [0.25, 0.3) is 34.4 Å². The molecule has 6 rings (SSSR count). The average molecular weight is 500 g/mol. The van der Waals surface area contributed by atoms with Crippen molar-refractivity contribution >= 4 is 29.2 Å². The van der Waals surface area contributed by atoms with E-state index in [1.165, 1.54) is 27.8 Å². The highest BCUT2D eigenvalue weighted by Crippen LogP contribution is 2.45. The normalized spacial score (nSPS) is 11.0. The molecule has 0 N–H and O–H groups in total. The Labute approximate surface area is 231 Å². The second-order valence-corrected chi connectivity index (χ2v) is 9.40. The van der Waals surface area contributed by atoms with Gasteiger partial charge in [-0.3, -0.25) is 0 Å². The summed E-state index contributed by atoms with van der Waals surface area (Å²) in [5, 5.41) is 0. The molecule has 0 heterocycles. The number of hydrogen-bond donors (Lipinski definition) is 0. The van der Waals surface area contributed by atoms with Crippen molar-refractivity contribution in [2.75, 3.05) is 4.90 Å². The van der Waals surface area contributed by atoms with Crippen LogP contribution in [0.4, 0.5) is 17.1 Å². The van der Waals surface area contributed by atoms with Gasteiger partial charge in [0.05, 0.1) is 17.1 Å². The molecule has 0 saturated heterocycles. The molecule has 6 aromatic carbocycles. The molecule has 0 aliphatic heterocycles. The molecule has 0 radical (unpaired) electrons. The van der Waals surface area contributed by atoms with E-state index in [4.69, 9.17) is 0 Å². The molecule has 0 aliphatic rings. The van der Waals surface area contributed by atoms with E-state index in [0.29, 0.717) is 0 Å². The summed E-state index contributed by atoms with van der Waals surface area (Å²) >= 11 is 0. The van der Waals surface area contributed by atoms with Gasteiger partial charge in [-0.05, 0) is 40.5 Å². The molecular formula is C38H29N. The second-order valence-electron chi connectivity index (χ2n) is 9.40. The number of nitrogens with zero attached hydrogens (tertiary/aromatic N) is 1. The topological polar surface area (TPSA) is 3.24 Å². The molecule has 0 fully saturated rings. The van der Waals surface area contributed by atoms with Crippen molar-refractivity contribution in [1.29, 1.82) is 0 Å². The molecule has 186 valence electrons. The minimum Gasteiger partial charge on any atom is -0.309 e. The summed E-state index contributed by atoms with van der Waals surface area (Å²) in [5.74, 6) is 0. The van der Waals surface area contributed by atoms with Crippen LogP contribution in [0, 0.1) is 0 Å². The van der Waals surface area contributed by atoms with Crippen LogP contribution >= 0.6 is 0 Å². The van der Waals surface area contributed by atoms with Gasteiger partial charge in [0, 0.05) is 11.1 Å². The smallest absolute Gasteiger partial charge is 0.0540 e. The lowest BCUT2D eigenvalue weighted by atomic mass is 9.98. The Hall–Kier alpha value is -5.14. The van der Waals surface area contributed by atoms with Crippen molar-refractivity contribution in [3.8, 4) is 22.3 Å². The number of para-hydroxylation sites is 3. The van der Waals surface area contributed by atoms with E-state index >= 15 is 0 Å². The minimum absolute atomic E-state index is 1.12. The Morgan fingerprint density at radius 3 is 1.28 bits per heavy atom. The summed E-state index contributed by atoms with van der Waals surface area (Å²) in [6.07, 6.45) is 4.40. The first-order valence-electron chi connectivity index (χ1n) is 13.3. The monoisotopic (exact) mass is 499 g/mol. The van der Waals surface area contributed by atoms with Crippen LogP contribution in [0.5, 0.6) is 0 Å². The fraction of sp³-hybridized carbons (Fsp3) is 0. The maximum atomic E-state index is 2.41. The molecule has 0 unspecified atom stereocenters. The first-order valence-corrected chi connectivity index (χ1v) is 13.3. The minimum atomic E-state index is 1.12. The van der Waals surface area contributed by atoms with Gasteiger partial charge < -0.3 is 4.90 Å². The van der Waals surface area contributed by atoms with Crippen molar-refractivity contribution < 1.29 is 0 Å². The maximum Gasteiger partial charge on any atom is 0.0540 e. The number of anilines is 3. The van der Waals surface area contributed by atoms with Gasteiger partial charge in [0.1, 0.15) is 0 Å². The van der Waals surface area contributed by atoms with E-state index in [9.17, 15) is 0 Å². The van der Waals surface area contributed by atoms with E-state index < -0.39 is 0 Å². The zero-order valence-corrected chi connectivity index (χ0v) is 21.7. The Bertz CT molecular complexity index is 1600. The zero-order chi connectivity index (χ0) is 26.3. The quantitative estimate of drug-likeness (QED) is 0.197. The molecule has 0 amide bonds. The second kappa shape index (κ2) is 11.5. The van der Waals surface area contributed by atoms with Crippen LogP contribution in [-0.2, 0) is 0 Å². The summed E-state index contributed by atoms with van der Waals surface area (Å²) < 4.78 is 0. The average Bonchev–Trinajstić information content (AvgIpc) is 3.03. The van der Waals surface area contributed by atoms with Crippen LogP contribution in [0.2, 0.25) is 0 Å². The van der Waals surface area contributed by atoms with Gasteiger partial charge in [0.2, 0.25) is 0 Å². The summed E-state index contributed by atoms with van der Waals surface area (Å²) in [6, 6.07) is 57.7. The van der Waals surface area contributed by atoms with Crippen molar-refractivity contribution in [2.45, 2.75) is 0 Å². The Balaban J connectivity index is 1.60. The van der Waals surface area contributed by atoms with E-state index in [-0.39, 0.29) is 0 Å². The molecule has 0 aliphatic carbocycles. The molecule has 6 aromatic rings. The molecule has 39 heavy (non-hydrogen) atoms. The van der Waals surface area contributed by atoms with Crippen LogP contribution in [0.15, 0.2) is 164 Å². The molecule has 0 aromatic heterocycles. The van der Waals surface area contributed by atoms with E-state index in [1.54, 1.807) is 0 Å². The van der Waals surface area contributed by atoms with Crippen molar-refractivity contribution in [3.63, 3.8) is 0 Å².